The molecule has 2 fully saturated rings. The first-order valence-electron chi connectivity index (χ1n) is 8.35. The van der Waals surface area contributed by atoms with Crippen molar-refractivity contribution in [3.05, 3.63) is 0 Å². The average molecular weight is 296 g/mol. The van der Waals surface area contributed by atoms with Crippen molar-refractivity contribution in [2.75, 3.05) is 7.05 Å². The van der Waals surface area contributed by atoms with Crippen LogP contribution in [0.3, 0.4) is 0 Å². The Labute approximate surface area is 127 Å². The number of carbonyl (C=O) groups is 2. The van der Waals surface area contributed by atoms with Crippen LogP contribution < -0.4 is 5.32 Å². The summed E-state index contributed by atoms with van der Waals surface area (Å²) >= 11 is 0. The van der Waals surface area contributed by atoms with Crippen molar-refractivity contribution in [3.63, 3.8) is 0 Å². The van der Waals surface area contributed by atoms with Crippen LogP contribution in [0.1, 0.15) is 64.2 Å². The number of hydrogen-bond acceptors (Lipinski definition) is 2. The zero-order valence-corrected chi connectivity index (χ0v) is 13.0. The maximum Gasteiger partial charge on any atom is 0.317 e. The highest BCUT2D eigenvalue weighted by atomic mass is 16.4. The number of nitrogens with zero attached hydrogens (tertiary/aromatic N) is 1. The van der Waals surface area contributed by atoms with Crippen molar-refractivity contribution >= 4 is 12.0 Å². The lowest BCUT2D eigenvalue weighted by Gasteiger charge is -2.33. The molecule has 2 atom stereocenters. The number of aliphatic carboxylic acids is 1. The SMILES string of the molecule is CN(C(=O)NC1CCCCCC1C(=O)O)C1CCCCC1. The number of carboxylic acid groups (broad SMARTS) is 1. The molecule has 2 amide bonds. The van der Waals surface area contributed by atoms with Gasteiger partial charge < -0.3 is 15.3 Å². The minimum atomic E-state index is -0.775. The van der Waals surface area contributed by atoms with E-state index >= 15 is 0 Å². The molecule has 2 aliphatic carbocycles. The van der Waals surface area contributed by atoms with E-state index in [0.717, 1.165) is 38.5 Å². The minimum absolute atomic E-state index is 0.0972. The predicted molar refractivity (Wildman–Crippen MR) is 81.2 cm³/mol. The molecule has 5 heteroatoms. The Bertz CT molecular complexity index is 367. The number of amides is 2. The monoisotopic (exact) mass is 296 g/mol. The predicted octanol–water partition coefficient (Wildman–Crippen LogP) is 2.99. The Morgan fingerprint density at radius 2 is 1.52 bits per heavy atom. The van der Waals surface area contributed by atoms with Crippen LogP contribution in [0.25, 0.3) is 0 Å². The fourth-order valence-electron chi connectivity index (χ4n) is 3.67. The number of hydrogen-bond donors (Lipinski definition) is 2. The summed E-state index contributed by atoms with van der Waals surface area (Å²) in [7, 11) is 1.85. The second-order valence-electron chi connectivity index (χ2n) is 6.54. The van der Waals surface area contributed by atoms with Gasteiger partial charge in [-0.05, 0) is 25.7 Å². The van der Waals surface area contributed by atoms with E-state index in [9.17, 15) is 14.7 Å². The van der Waals surface area contributed by atoms with Crippen LogP contribution in [-0.4, -0.2) is 41.1 Å². The van der Waals surface area contributed by atoms with Gasteiger partial charge in [0.2, 0.25) is 0 Å². The molecule has 5 nitrogen and oxygen atoms in total. The molecule has 120 valence electrons. The Kier molecular flexibility index (Phi) is 5.88. The van der Waals surface area contributed by atoms with E-state index in [1.807, 2.05) is 7.05 Å². The maximum absolute atomic E-state index is 12.4. The van der Waals surface area contributed by atoms with E-state index in [4.69, 9.17) is 0 Å². The Morgan fingerprint density at radius 1 is 0.952 bits per heavy atom. The molecule has 2 unspecified atom stereocenters. The average Bonchev–Trinajstić information content (AvgIpc) is 2.72. The standard InChI is InChI=1S/C16H28N2O3/c1-18(12-8-4-2-5-9-12)16(21)17-14-11-7-3-6-10-13(14)15(19)20/h12-14H,2-11H2,1H3,(H,17,21)(H,19,20). The molecule has 2 aliphatic rings. The van der Waals surface area contributed by atoms with Crippen LogP contribution in [-0.2, 0) is 4.79 Å². The van der Waals surface area contributed by atoms with Gasteiger partial charge in [-0.15, -0.1) is 0 Å². The molecular formula is C16H28N2O3. The van der Waals surface area contributed by atoms with Gasteiger partial charge in [0.25, 0.3) is 0 Å². The van der Waals surface area contributed by atoms with Gasteiger partial charge in [-0.3, -0.25) is 4.79 Å². The Morgan fingerprint density at radius 3 is 2.14 bits per heavy atom. The van der Waals surface area contributed by atoms with Crippen LogP contribution >= 0.6 is 0 Å². The molecule has 0 aliphatic heterocycles. The highest BCUT2D eigenvalue weighted by Gasteiger charge is 2.32. The summed E-state index contributed by atoms with van der Waals surface area (Å²) in [5, 5.41) is 12.4. The van der Waals surface area contributed by atoms with Gasteiger partial charge >= 0.3 is 12.0 Å². The normalized spacial score (nSPS) is 27.7. The topological polar surface area (TPSA) is 69.6 Å². The second kappa shape index (κ2) is 7.66. The van der Waals surface area contributed by atoms with Crippen molar-refractivity contribution in [1.82, 2.24) is 10.2 Å². The fraction of sp³-hybridized carbons (Fsp3) is 0.875. The molecular weight excluding hydrogens is 268 g/mol. The second-order valence-corrected chi connectivity index (χ2v) is 6.54. The van der Waals surface area contributed by atoms with E-state index in [1.165, 1.54) is 19.3 Å². The molecule has 0 radical (unpaired) electrons. The van der Waals surface area contributed by atoms with Gasteiger partial charge in [-0.25, -0.2) is 4.79 Å². The first kappa shape index (κ1) is 16.1. The molecule has 0 spiro atoms. The summed E-state index contributed by atoms with van der Waals surface area (Å²) in [5.41, 5.74) is 0. The molecule has 0 heterocycles. The zero-order valence-electron chi connectivity index (χ0n) is 13.0. The fourth-order valence-corrected chi connectivity index (χ4v) is 3.67. The van der Waals surface area contributed by atoms with Gasteiger partial charge in [-0.1, -0.05) is 38.5 Å². The summed E-state index contributed by atoms with van der Waals surface area (Å²) in [6.45, 7) is 0. The van der Waals surface area contributed by atoms with Crippen LogP contribution in [0.5, 0.6) is 0 Å². The first-order chi connectivity index (χ1) is 10.1. The Hall–Kier alpha value is -1.26. The van der Waals surface area contributed by atoms with Crippen LogP contribution in [0.15, 0.2) is 0 Å². The van der Waals surface area contributed by atoms with Crippen LogP contribution in [0.4, 0.5) is 4.79 Å². The molecule has 0 aromatic carbocycles. The van der Waals surface area contributed by atoms with Gasteiger partial charge in [-0.2, -0.15) is 0 Å². The first-order valence-corrected chi connectivity index (χ1v) is 8.35. The van der Waals surface area contributed by atoms with Crippen molar-refractivity contribution < 1.29 is 14.7 Å². The molecule has 0 aromatic heterocycles. The zero-order chi connectivity index (χ0) is 15.2. The molecule has 21 heavy (non-hydrogen) atoms. The molecule has 2 rings (SSSR count). The van der Waals surface area contributed by atoms with Gasteiger partial charge in [0.15, 0.2) is 0 Å². The third kappa shape index (κ3) is 4.35. The van der Waals surface area contributed by atoms with E-state index in [-0.39, 0.29) is 12.1 Å². The van der Waals surface area contributed by atoms with Gasteiger partial charge in [0, 0.05) is 19.1 Å². The molecule has 0 saturated heterocycles. The van der Waals surface area contributed by atoms with Crippen molar-refractivity contribution in [2.24, 2.45) is 5.92 Å². The number of carboxylic acids is 1. The summed E-state index contributed by atoms with van der Waals surface area (Å²) < 4.78 is 0. The molecule has 2 saturated carbocycles. The van der Waals surface area contributed by atoms with Crippen molar-refractivity contribution in [1.29, 1.82) is 0 Å². The summed E-state index contributed by atoms with van der Waals surface area (Å²) in [6, 6.07) is -0.00334. The summed E-state index contributed by atoms with van der Waals surface area (Å²) in [6.07, 6.45) is 10.2. The number of urea groups is 1. The Balaban J connectivity index is 1.93. The lowest BCUT2D eigenvalue weighted by molar-refractivity contribution is -0.142. The lowest BCUT2D eigenvalue weighted by atomic mass is 9.94. The van der Waals surface area contributed by atoms with Gasteiger partial charge in [0.1, 0.15) is 0 Å². The quantitative estimate of drug-likeness (QED) is 0.787. The van der Waals surface area contributed by atoms with E-state index in [2.05, 4.69) is 5.32 Å². The van der Waals surface area contributed by atoms with Crippen molar-refractivity contribution in [2.45, 2.75) is 76.3 Å². The highest BCUT2D eigenvalue weighted by molar-refractivity contribution is 5.77. The number of carbonyl (C=O) groups excluding carboxylic acids is 1. The molecule has 0 bridgehead atoms. The van der Waals surface area contributed by atoms with E-state index < -0.39 is 11.9 Å². The largest absolute Gasteiger partial charge is 0.481 e. The van der Waals surface area contributed by atoms with Crippen molar-refractivity contribution in [3.8, 4) is 0 Å². The third-order valence-electron chi connectivity index (χ3n) is 5.08. The van der Waals surface area contributed by atoms with E-state index in [1.54, 1.807) is 4.90 Å². The number of rotatable bonds is 3. The maximum atomic E-state index is 12.4. The van der Waals surface area contributed by atoms with Gasteiger partial charge in [0.05, 0.1) is 5.92 Å². The van der Waals surface area contributed by atoms with E-state index in [0.29, 0.717) is 12.5 Å². The van der Waals surface area contributed by atoms with Crippen LogP contribution in [0, 0.1) is 5.92 Å². The summed E-state index contributed by atoms with van der Waals surface area (Å²) in [4.78, 5) is 25.6. The molecule has 0 aromatic rings. The third-order valence-corrected chi connectivity index (χ3v) is 5.08. The smallest absolute Gasteiger partial charge is 0.317 e. The number of nitrogens with one attached hydrogen (secondary N) is 1. The van der Waals surface area contributed by atoms with Crippen LogP contribution in [0.2, 0.25) is 0 Å². The summed E-state index contributed by atoms with van der Waals surface area (Å²) in [5.74, 6) is -1.21. The lowest BCUT2D eigenvalue weighted by Crippen LogP contribution is -2.50. The molecule has 2 N–H and O–H groups in total. The highest BCUT2D eigenvalue weighted by Crippen LogP contribution is 2.25. The minimum Gasteiger partial charge on any atom is -0.481 e.